The second kappa shape index (κ2) is 9.85. The van der Waals surface area contributed by atoms with Crippen molar-refractivity contribution in [2.45, 2.75) is 33.1 Å². The van der Waals surface area contributed by atoms with Crippen molar-refractivity contribution in [3.8, 4) is 5.75 Å². The van der Waals surface area contributed by atoms with E-state index >= 15 is 0 Å². The van der Waals surface area contributed by atoms with Crippen LogP contribution in [0.25, 0.3) is 0 Å². The van der Waals surface area contributed by atoms with Crippen LogP contribution in [0, 0.1) is 32.0 Å². The fourth-order valence-electron chi connectivity index (χ4n) is 3.98. The Hall–Kier alpha value is -3.39. The third kappa shape index (κ3) is 5.07. The molecular weight excluding hydrogens is 457 g/mol. The number of pyridine rings is 1. The number of carbonyl (C=O) groups is 1. The molecular formula is C25H25ClFN5O2. The lowest BCUT2D eigenvalue weighted by Gasteiger charge is -2.18. The highest BCUT2D eigenvalue weighted by atomic mass is 35.5. The Kier molecular flexibility index (Phi) is 6.88. The average Bonchev–Trinajstić information content (AvgIpc) is 3.18. The number of halogens is 2. The molecule has 1 atom stereocenters. The number of aryl methyl sites for hydroxylation is 3. The SMILES string of the molecule is Cc1cncc(CCOc2cc(F)ccc2C(=O)N2CC(=N)C(c3nc(C)c(Cl)c(C)n3)C2)c1. The summed E-state index contributed by atoms with van der Waals surface area (Å²) in [5.41, 5.74) is 3.90. The van der Waals surface area contributed by atoms with Crippen molar-refractivity contribution < 1.29 is 13.9 Å². The molecule has 176 valence electrons. The summed E-state index contributed by atoms with van der Waals surface area (Å²) in [6.45, 7) is 6.20. The molecule has 1 aromatic carbocycles. The zero-order valence-electron chi connectivity index (χ0n) is 19.2. The Morgan fingerprint density at radius 3 is 2.65 bits per heavy atom. The average molecular weight is 482 g/mol. The van der Waals surface area contributed by atoms with E-state index in [0.29, 0.717) is 34.4 Å². The van der Waals surface area contributed by atoms with E-state index in [2.05, 4.69) is 15.0 Å². The fraction of sp³-hybridized carbons (Fsp3) is 0.320. The molecule has 9 heteroatoms. The van der Waals surface area contributed by atoms with Crippen molar-refractivity contribution in [3.63, 3.8) is 0 Å². The number of ether oxygens (including phenoxy) is 1. The quantitative estimate of drug-likeness (QED) is 0.560. The van der Waals surface area contributed by atoms with E-state index in [1.54, 1.807) is 31.1 Å². The van der Waals surface area contributed by atoms with E-state index < -0.39 is 11.7 Å². The minimum Gasteiger partial charge on any atom is -0.492 e. The van der Waals surface area contributed by atoms with Crippen LogP contribution in [0.2, 0.25) is 5.02 Å². The first kappa shape index (κ1) is 23.8. The van der Waals surface area contributed by atoms with Crippen LogP contribution >= 0.6 is 11.6 Å². The van der Waals surface area contributed by atoms with E-state index in [-0.39, 0.29) is 36.9 Å². The second-order valence-corrected chi connectivity index (χ2v) is 8.82. The molecule has 3 heterocycles. The Morgan fingerprint density at radius 2 is 1.94 bits per heavy atom. The van der Waals surface area contributed by atoms with E-state index in [1.165, 1.54) is 18.2 Å². The molecule has 1 amide bonds. The van der Waals surface area contributed by atoms with Gasteiger partial charge in [0.05, 0.1) is 41.0 Å². The maximum Gasteiger partial charge on any atom is 0.257 e. The summed E-state index contributed by atoms with van der Waals surface area (Å²) >= 11 is 6.18. The summed E-state index contributed by atoms with van der Waals surface area (Å²) in [4.78, 5) is 27.9. The normalized spacial score (nSPS) is 15.6. The Balaban J connectivity index is 1.50. The lowest BCUT2D eigenvalue weighted by molar-refractivity contribution is 0.0790. The molecule has 7 nitrogen and oxygen atoms in total. The lowest BCUT2D eigenvalue weighted by atomic mass is 10.1. The zero-order chi connectivity index (χ0) is 24.4. The first-order valence-corrected chi connectivity index (χ1v) is 11.3. The topological polar surface area (TPSA) is 92.1 Å². The summed E-state index contributed by atoms with van der Waals surface area (Å²) in [6, 6.07) is 5.88. The van der Waals surface area contributed by atoms with Gasteiger partial charge in [-0.2, -0.15) is 0 Å². The van der Waals surface area contributed by atoms with Gasteiger partial charge >= 0.3 is 0 Å². The van der Waals surface area contributed by atoms with Gasteiger partial charge in [0.25, 0.3) is 5.91 Å². The summed E-state index contributed by atoms with van der Waals surface area (Å²) in [6.07, 6.45) is 4.10. The highest BCUT2D eigenvalue weighted by Gasteiger charge is 2.35. The van der Waals surface area contributed by atoms with Crippen LogP contribution in [-0.2, 0) is 6.42 Å². The van der Waals surface area contributed by atoms with Gasteiger partial charge in [0.2, 0.25) is 0 Å². The molecule has 0 aliphatic carbocycles. The maximum absolute atomic E-state index is 14.0. The van der Waals surface area contributed by atoms with E-state index in [9.17, 15) is 9.18 Å². The van der Waals surface area contributed by atoms with Gasteiger partial charge in [-0.15, -0.1) is 0 Å². The molecule has 1 aliphatic heterocycles. The van der Waals surface area contributed by atoms with Crippen molar-refractivity contribution in [1.29, 1.82) is 5.41 Å². The molecule has 2 aromatic heterocycles. The number of nitrogens with zero attached hydrogens (tertiary/aromatic N) is 4. The number of carbonyl (C=O) groups excluding carboxylic acids is 1. The summed E-state index contributed by atoms with van der Waals surface area (Å²) in [7, 11) is 0. The minimum absolute atomic E-state index is 0.138. The van der Waals surface area contributed by atoms with Crippen molar-refractivity contribution in [2.24, 2.45) is 0 Å². The molecule has 1 saturated heterocycles. The lowest BCUT2D eigenvalue weighted by Crippen LogP contribution is -2.29. The predicted molar refractivity (Wildman–Crippen MR) is 127 cm³/mol. The monoisotopic (exact) mass is 481 g/mol. The number of rotatable bonds is 6. The van der Waals surface area contributed by atoms with Gasteiger partial charge in [0, 0.05) is 37.1 Å². The molecule has 1 fully saturated rings. The van der Waals surface area contributed by atoms with Crippen molar-refractivity contribution >= 4 is 23.2 Å². The predicted octanol–water partition coefficient (Wildman–Crippen LogP) is 4.47. The Morgan fingerprint density at radius 1 is 1.21 bits per heavy atom. The molecule has 1 unspecified atom stereocenters. The largest absolute Gasteiger partial charge is 0.492 e. The number of hydrogen-bond acceptors (Lipinski definition) is 6. The number of nitrogens with one attached hydrogen (secondary N) is 1. The van der Waals surface area contributed by atoms with Crippen molar-refractivity contribution in [2.75, 3.05) is 19.7 Å². The van der Waals surface area contributed by atoms with Crippen LogP contribution in [0.15, 0.2) is 36.7 Å². The van der Waals surface area contributed by atoms with Crippen LogP contribution in [0.3, 0.4) is 0 Å². The van der Waals surface area contributed by atoms with Crippen molar-refractivity contribution in [1.82, 2.24) is 19.9 Å². The second-order valence-electron chi connectivity index (χ2n) is 8.44. The highest BCUT2D eigenvalue weighted by Crippen LogP contribution is 2.29. The third-order valence-corrected chi connectivity index (χ3v) is 6.28. The van der Waals surface area contributed by atoms with Gasteiger partial charge in [0.1, 0.15) is 17.4 Å². The molecule has 3 aromatic rings. The van der Waals surface area contributed by atoms with E-state index in [4.69, 9.17) is 21.7 Å². The van der Waals surface area contributed by atoms with Crippen LogP contribution in [-0.4, -0.2) is 51.2 Å². The molecule has 0 spiro atoms. The first-order valence-electron chi connectivity index (χ1n) is 10.9. The molecule has 0 saturated carbocycles. The molecule has 34 heavy (non-hydrogen) atoms. The number of likely N-dealkylation sites (tertiary alicyclic amines) is 1. The van der Waals surface area contributed by atoms with Crippen LogP contribution < -0.4 is 4.74 Å². The van der Waals surface area contributed by atoms with Gasteiger partial charge in [-0.3, -0.25) is 9.78 Å². The number of benzene rings is 1. The summed E-state index contributed by atoms with van der Waals surface area (Å²) < 4.78 is 19.8. The third-order valence-electron chi connectivity index (χ3n) is 5.74. The number of amides is 1. The number of hydrogen-bond donors (Lipinski definition) is 1. The van der Waals surface area contributed by atoms with Gasteiger partial charge in [-0.1, -0.05) is 17.7 Å². The maximum atomic E-state index is 14.0. The minimum atomic E-state index is -0.490. The van der Waals surface area contributed by atoms with Gasteiger partial charge in [-0.25, -0.2) is 14.4 Å². The molecule has 0 radical (unpaired) electrons. The van der Waals surface area contributed by atoms with Crippen LogP contribution in [0.1, 0.15) is 44.6 Å². The Labute approximate surface area is 202 Å². The molecule has 0 bridgehead atoms. The van der Waals surface area contributed by atoms with Crippen molar-refractivity contribution in [3.05, 3.63) is 81.4 Å². The fourth-order valence-corrected chi connectivity index (χ4v) is 4.07. The first-order chi connectivity index (χ1) is 16.2. The molecule has 1 aliphatic rings. The highest BCUT2D eigenvalue weighted by molar-refractivity contribution is 6.31. The number of aromatic nitrogens is 3. The van der Waals surface area contributed by atoms with E-state index in [0.717, 1.165) is 11.1 Å². The summed E-state index contributed by atoms with van der Waals surface area (Å²) in [5.74, 6) is -0.590. The van der Waals surface area contributed by atoms with Crippen LogP contribution in [0.5, 0.6) is 5.75 Å². The van der Waals surface area contributed by atoms with Gasteiger partial charge in [0.15, 0.2) is 0 Å². The van der Waals surface area contributed by atoms with E-state index in [1.807, 2.05) is 13.0 Å². The smallest absolute Gasteiger partial charge is 0.257 e. The van der Waals surface area contributed by atoms with Crippen LogP contribution in [0.4, 0.5) is 4.39 Å². The van der Waals surface area contributed by atoms with Gasteiger partial charge < -0.3 is 15.0 Å². The molecule has 4 rings (SSSR count). The zero-order valence-corrected chi connectivity index (χ0v) is 20.0. The Bertz CT molecular complexity index is 1240. The standard InChI is InChI=1S/C25H25ClFN5O2/c1-14-8-17(11-29-10-14)6-7-34-22-9-18(27)4-5-19(22)25(33)32-12-20(21(28)13-32)24-30-15(2)23(26)16(3)31-24/h4-5,8-11,20,28H,6-7,12-13H2,1-3H3. The summed E-state index contributed by atoms with van der Waals surface area (Å²) in [5, 5.41) is 8.93. The van der Waals surface area contributed by atoms with Gasteiger partial charge in [-0.05, 0) is 44.0 Å². The molecule has 1 N–H and O–H groups in total.